The van der Waals surface area contributed by atoms with Crippen LogP contribution in [-0.4, -0.2) is 23.9 Å². The number of Topliss-reactive ketones (excluding diaryl/α,β-unsaturated/α-hetero) is 1. The molecule has 0 aliphatic rings. The Labute approximate surface area is 224 Å². The number of carbonyl (C=O) groups is 1. The number of unbranched alkanes of at least 4 members (excludes halogenated alkanes) is 15. The molecular weight excluding hydrogens is 454 g/mol. The van der Waals surface area contributed by atoms with Gasteiger partial charge in [0, 0.05) is 16.3 Å². The number of hydrogen-bond acceptors (Lipinski definition) is 4. The Morgan fingerprint density at radius 3 is 1.92 bits per heavy atom. The van der Waals surface area contributed by atoms with Crippen LogP contribution in [0, 0.1) is 0 Å². The molecule has 2 aromatic carbocycles. The van der Waals surface area contributed by atoms with Gasteiger partial charge in [0.1, 0.15) is 0 Å². The van der Waals surface area contributed by atoms with Gasteiger partial charge in [0.05, 0.1) is 23.3 Å². The Morgan fingerprint density at radius 1 is 0.730 bits per heavy atom. The molecule has 0 radical (unpaired) electrons. The highest BCUT2D eigenvalue weighted by Gasteiger charge is 2.13. The molecule has 0 unspecified atom stereocenters. The van der Waals surface area contributed by atoms with E-state index in [4.69, 9.17) is 5.73 Å². The first-order valence-electron chi connectivity index (χ1n) is 15.0. The summed E-state index contributed by atoms with van der Waals surface area (Å²) in [6.45, 7) is 3.49. The van der Waals surface area contributed by atoms with Gasteiger partial charge in [-0.2, -0.15) is 0 Å². The van der Waals surface area contributed by atoms with Crippen molar-refractivity contribution in [1.82, 2.24) is 10.3 Å². The Kier molecular flexibility index (Phi) is 13.5. The van der Waals surface area contributed by atoms with Gasteiger partial charge in [-0.05, 0) is 37.2 Å². The monoisotopic (exact) mass is 503 g/mol. The Hall–Kier alpha value is -2.46. The molecule has 3 aromatic rings. The SMILES string of the molecule is CCCCCCCCCCCCCCCCCCNCC(=O)c1ccc2nc3ccccc3cc2c1N. The van der Waals surface area contributed by atoms with Gasteiger partial charge in [0.2, 0.25) is 0 Å². The van der Waals surface area contributed by atoms with Gasteiger partial charge in [0.15, 0.2) is 5.78 Å². The van der Waals surface area contributed by atoms with E-state index in [1.165, 1.54) is 96.3 Å². The van der Waals surface area contributed by atoms with Crippen molar-refractivity contribution < 1.29 is 4.79 Å². The molecule has 0 aliphatic heterocycles. The molecule has 1 aromatic heterocycles. The van der Waals surface area contributed by atoms with E-state index < -0.39 is 0 Å². The topological polar surface area (TPSA) is 68.0 Å². The number of para-hydroxylation sites is 1. The number of fused-ring (bicyclic) bond motifs is 2. The van der Waals surface area contributed by atoms with E-state index in [2.05, 4.69) is 17.2 Å². The molecule has 0 bridgehead atoms. The smallest absolute Gasteiger partial charge is 0.178 e. The largest absolute Gasteiger partial charge is 0.398 e. The van der Waals surface area contributed by atoms with E-state index >= 15 is 0 Å². The molecule has 1 heterocycles. The van der Waals surface area contributed by atoms with Crippen molar-refractivity contribution in [3.05, 3.63) is 48.0 Å². The number of nitrogens with two attached hydrogens (primary N) is 1. The Morgan fingerprint density at radius 2 is 1.30 bits per heavy atom. The van der Waals surface area contributed by atoms with Crippen molar-refractivity contribution in [2.24, 2.45) is 0 Å². The molecule has 4 nitrogen and oxygen atoms in total. The van der Waals surface area contributed by atoms with Gasteiger partial charge < -0.3 is 11.1 Å². The maximum atomic E-state index is 12.8. The summed E-state index contributed by atoms with van der Waals surface area (Å²) >= 11 is 0. The zero-order chi connectivity index (χ0) is 26.1. The number of nitrogens with zero attached hydrogens (tertiary/aromatic N) is 1. The summed E-state index contributed by atoms with van der Waals surface area (Å²) < 4.78 is 0. The fraction of sp³-hybridized carbons (Fsp3) is 0.576. The van der Waals surface area contributed by atoms with Crippen LogP contribution < -0.4 is 11.1 Å². The molecule has 3 rings (SSSR count). The van der Waals surface area contributed by atoms with Gasteiger partial charge in [-0.25, -0.2) is 4.98 Å². The second-order valence-electron chi connectivity index (χ2n) is 10.7. The number of anilines is 1. The lowest BCUT2D eigenvalue weighted by molar-refractivity contribution is 0.0992. The van der Waals surface area contributed by atoms with E-state index in [9.17, 15) is 4.79 Å². The van der Waals surface area contributed by atoms with E-state index in [1.807, 2.05) is 42.5 Å². The maximum Gasteiger partial charge on any atom is 0.178 e. The minimum Gasteiger partial charge on any atom is -0.398 e. The molecule has 0 saturated heterocycles. The van der Waals surface area contributed by atoms with Crippen LogP contribution >= 0.6 is 0 Å². The van der Waals surface area contributed by atoms with E-state index in [1.54, 1.807) is 0 Å². The zero-order valence-electron chi connectivity index (χ0n) is 23.2. The van der Waals surface area contributed by atoms with Crippen LogP contribution in [0.15, 0.2) is 42.5 Å². The van der Waals surface area contributed by atoms with Crippen LogP contribution in [0.1, 0.15) is 120 Å². The number of pyridine rings is 1. The summed E-state index contributed by atoms with van der Waals surface area (Å²) in [5, 5.41) is 5.20. The third-order valence-corrected chi connectivity index (χ3v) is 7.53. The summed E-state index contributed by atoms with van der Waals surface area (Å²) in [6, 6.07) is 13.7. The molecule has 0 fully saturated rings. The number of benzene rings is 2. The number of hydrogen-bond donors (Lipinski definition) is 2. The maximum absolute atomic E-state index is 12.8. The highest BCUT2D eigenvalue weighted by atomic mass is 16.1. The minimum absolute atomic E-state index is 0.0454. The van der Waals surface area contributed by atoms with Crippen molar-refractivity contribution >= 4 is 33.3 Å². The van der Waals surface area contributed by atoms with Crippen molar-refractivity contribution in [3.63, 3.8) is 0 Å². The average molecular weight is 504 g/mol. The average Bonchev–Trinajstić information content (AvgIpc) is 2.91. The fourth-order valence-electron chi connectivity index (χ4n) is 5.21. The third-order valence-electron chi connectivity index (χ3n) is 7.53. The molecule has 0 saturated carbocycles. The zero-order valence-corrected chi connectivity index (χ0v) is 23.2. The van der Waals surface area contributed by atoms with E-state index in [-0.39, 0.29) is 5.78 Å². The fourth-order valence-corrected chi connectivity index (χ4v) is 5.21. The molecule has 0 amide bonds. The molecule has 37 heavy (non-hydrogen) atoms. The van der Waals surface area contributed by atoms with Crippen molar-refractivity contribution in [2.45, 2.75) is 110 Å². The van der Waals surface area contributed by atoms with Crippen molar-refractivity contribution in [3.8, 4) is 0 Å². The number of nitrogen functional groups attached to an aromatic ring is 1. The van der Waals surface area contributed by atoms with Crippen molar-refractivity contribution in [2.75, 3.05) is 18.8 Å². The Balaban J connectivity index is 1.20. The van der Waals surface area contributed by atoms with Crippen LogP contribution in [0.25, 0.3) is 21.8 Å². The molecule has 0 aliphatic carbocycles. The van der Waals surface area contributed by atoms with Gasteiger partial charge in [-0.3, -0.25) is 4.79 Å². The van der Waals surface area contributed by atoms with Gasteiger partial charge >= 0.3 is 0 Å². The molecule has 4 heteroatoms. The van der Waals surface area contributed by atoms with Gasteiger partial charge in [-0.1, -0.05) is 121 Å². The standard InChI is InChI=1S/C33H49N3O/c1-2-3-4-5-6-7-8-9-10-11-12-13-14-15-16-19-24-35-26-32(37)28-22-23-31-29(33(28)34)25-27-20-17-18-21-30(27)36-31/h17-18,20-23,25,35H,2-16,19,24,26,34H2,1H3. The van der Waals surface area contributed by atoms with E-state index in [0.29, 0.717) is 17.8 Å². The summed E-state index contributed by atoms with van der Waals surface area (Å²) in [5.74, 6) is 0.0454. The highest BCUT2D eigenvalue weighted by molar-refractivity contribution is 6.10. The molecular formula is C33H49N3O. The predicted molar refractivity (Wildman–Crippen MR) is 160 cm³/mol. The number of carbonyl (C=O) groups excluding carboxylic acids is 1. The summed E-state index contributed by atoms with van der Waals surface area (Å²) in [7, 11) is 0. The molecule has 0 spiro atoms. The lowest BCUT2D eigenvalue weighted by Gasteiger charge is -2.10. The van der Waals surface area contributed by atoms with Crippen LogP contribution in [0.2, 0.25) is 0 Å². The van der Waals surface area contributed by atoms with E-state index in [0.717, 1.165) is 34.8 Å². The first-order valence-corrected chi connectivity index (χ1v) is 15.0. The molecule has 202 valence electrons. The van der Waals surface area contributed by atoms with Crippen LogP contribution in [0.3, 0.4) is 0 Å². The first-order chi connectivity index (χ1) is 18.2. The Bertz CT molecular complexity index is 1080. The number of ketones is 1. The second kappa shape index (κ2) is 17.1. The first kappa shape index (κ1) is 29.1. The minimum atomic E-state index is 0.0454. The van der Waals surface area contributed by atoms with Crippen molar-refractivity contribution in [1.29, 1.82) is 0 Å². The summed E-state index contributed by atoms with van der Waals surface area (Å²) in [4.78, 5) is 17.5. The number of rotatable bonds is 20. The highest BCUT2D eigenvalue weighted by Crippen LogP contribution is 2.27. The van der Waals surface area contributed by atoms with Crippen LogP contribution in [0.4, 0.5) is 5.69 Å². The van der Waals surface area contributed by atoms with Crippen LogP contribution in [-0.2, 0) is 0 Å². The van der Waals surface area contributed by atoms with Crippen LogP contribution in [0.5, 0.6) is 0 Å². The summed E-state index contributed by atoms with van der Waals surface area (Å²) in [5.41, 5.74) is 9.28. The lowest BCUT2D eigenvalue weighted by Crippen LogP contribution is -2.24. The number of aromatic nitrogens is 1. The predicted octanol–water partition coefficient (Wildman–Crippen LogP) is 9.00. The number of nitrogens with one attached hydrogen (secondary N) is 1. The molecule has 0 atom stereocenters. The second-order valence-corrected chi connectivity index (χ2v) is 10.7. The molecule has 3 N–H and O–H groups in total. The lowest BCUT2D eigenvalue weighted by atomic mass is 10.0. The third kappa shape index (κ3) is 10.1. The quantitative estimate of drug-likeness (QED) is 0.0698. The summed E-state index contributed by atoms with van der Waals surface area (Å²) in [6.07, 6.45) is 21.9. The normalized spacial score (nSPS) is 11.5. The van der Waals surface area contributed by atoms with Gasteiger partial charge in [0.25, 0.3) is 0 Å². The van der Waals surface area contributed by atoms with Gasteiger partial charge in [-0.15, -0.1) is 0 Å².